The minimum absolute atomic E-state index is 0.000640. The molecule has 1 saturated heterocycles. The highest BCUT2D eigenvalue weighted by atomic mass is 35.5. The molecule has 1 aliphatic rings. The van der Waals surface area contributed by atoms with Crippen LogP contribution in [0.1, 0.15) is 10.4 Å². The van der Waals surface area contributed by atoms with E-state index in [1.807, 2.05) is 0 Å². The number of carbonyl (C=O) groups is 4. The van der Waals surface area contributed by atoms with Crippen molar-refractivity contribution in [2.24, 2.45) is 0 Å². The number of nitrogens with one attached hydrogen (secondary N) is 1. The van der Waals surface area contributed by atoms with Crippen LogP contribution in [0.5, 0.6) is 0 Å². The van der Waals surface area contributed by atoms with Crippen LogP contribution in [0.15, 0.2) is 12.1 Å². The lowest BCUT2D eigenvalue weighted by Crippen LogP contribution is -2.38. The summed E-state index contributed by atoms with van der Waals surface area (Å²) in [6.07, 6.45) is 0. The summed E-state index contributed by atoms with van der Waals surface area (Å²) in [5.41, 5.74) is -0.418. The van der Waals surface area contributed by atoms with Gasteiger partial charge in [-0.15, -0.1) is 0 Å². The Bertz CT molecular complexity index is 730. The van der Waals surface area contributed by atoms with E-state index < -0.39 is 40.9 Å². The molecule has 1 aromatic carbocycles. The summed E-state index contributed by atoms with van der Waals surface area (Å²) in [5, 5.41) is 1.61. The van der Waals surface area contributed by atoms with Crippen LogP contribution in [0.3, 0.4) is 0 Å². The second kappa shape index (κ2) is 8.26. The molecule has 11 heteroatoms. The van der Waals surface area contributed by atoms with E-state index in [0.29, 0.717) is 12.1 Å². The molecule has 0 aromatic heterocycles. The summed E-state index contributed by atoms with van der Waals surface area (Å²) in [4.78, 5) is 47.0. The molecule has 2 rings (SSSR count). The fourth-order valence-corrected chi connectivity index (χ4v) is 2.82. The maximum Gasteiger partial charge on any atom is 0.340 e. The number of hydrogen-bond donors (Lipinski definition) is 1. The van der Waals surface area contributed by atoms with Crippen molar-refractivity contribution in [2.45, 2.75) is 0 Å². The number of benzene rings is 1. The van der Waals surface area contributed by atoms with Crippen molar-refractivity contribution in [3.05, 3.63) is 34.4 Å². The lowest BCUT2D eigenvalue weighted by Gasteiger charge is -2.13. The van der Waals surface area contributed by atoms with E-state index in [2.05, 4.69) is 10.1 Å². The average molecular weight is 393 g/mol. The molecular weight excluding hydrogens is 382 g/mol. The van der Waals surface area contributed by atoms with Crippen LogP contribution in [0.25, 0.3) is 0 Å². The summed E-state index contributed by atoms with van der Waals surface area (Å²) in [7, 11) is 0. The Balaban J connectivity index is 1.78. The van der Waals surface area contributed by atoms with Gasteiger partial charge in [0.15, 0.2) is 18.2 Å². The Kier molecular flexibility index (Phi) is 6.32. The molecule has 0 aliphatic carbocycles. The summed E-state index contributed by atoms with van der Waals surface area (Å²) < 4.78 is 30.7. The lowest BCUT2D eigenvalue weighted by atomic mass is 10.2. The minimum atomic E-state index is -1.28. The molecule has 0 saturated carbocycles. The average Bonchev–Trinajstić information content (AvgIpc) is 2.87. The van der Waals surface area contributed by atoms with Gasteiger partial charge in [-0.1, -0.05) is 23.4 Å². The van der Waals surface area contributed by atoms with Crippen molar-refractivity contribution < 1.29 is 32.7 Å². The number of ether oxygens (including phenoxy) is 1. The maximum absolute atomic E-state index is 13.1. The molecule has 3 amide bonds. The number of amides is 3. The lowest BCUT2D eigenvalue weighted by molar-refractivity contribution is -0.126. The van der Waals surface area contributed by atoms with Gasteiger partial charge in [0.1, 0.15) is 0 Å². The number of hydrogen-bond acceptors (Lipinski definition) is 6. The van der Waals surface area contributed by atoms with Gasteiger partial charge in [0.25, 0.3) is 11.1 Å². The highest BCUT2D eigenvalue weighted by Crippen LogP contribution is 2.21. The number of halogens is 3. The highest BCUT2D eigenvalue weighted by molar-refractivity contribution is 8.14. The SMILES string of the molecule is O=C(COC(=O)c1cc(F)c(F)cc1Cl)NCCN1C(=O)CSC1=O. The van der Waals surface area contributed by atoms with Crippen LogP contribution in [0, 0.1) is 11.6 Å². The van der Waals surface area contributed by atoms with Crippen LogP contribution >= 0.6 is 23.4 Å². The summed E-state index contributed by atoms with van der Waals surface area (Å²) >= 11 is 6.49. The molecule has 0 bridgehead atoms. The van der Waals surface area contributed by atoms with Gasteiger partial charge in [-0.2, -0.15) is 0 Å². The Hall–Kier alpha value is -2.20. The Morgan fingerprint density at radius 2 is 1.96 bits per heavy atom. The summed E-state index contributed by atoms with van der Waals surface area (Å²) in [6, 6.07) is 1.19. The molecule has 134 valence electrons. The quantitative estimate of drug-likeness (QED) is 0.583. The summed E-state index contributed by atoms with van der Waals surface area (Å²) in [6.45, 7) is -0.704. The Labute approximate surface area is 149 Å². The smallest absolute Gasteiger partial charge is 0.340 e. The third kappa shape index (κ3) is 4.89. The molecular formula is C14H11ClF2N2O5S. The topological polar surface area (TPSA) is 92.8 Å². The molecule has 1 fully saturated rings. The third-order valence-electron chi connectivity index (χ3n) is 3.06. The van der Waals surface area contributed by atoms with E-state index in [1.165, 1.54) is 0 Å². The number of imide groups is 1. The fourth-order valence-electron chi connectivity index (χ4n) is 1.84. The van der Waals surface area contributed by atoms with Gasteiger partial charge in [0.05, 0.1) is 16.3 Å². The first-order valence-electron chi connectivity index (χ1n) is 6.85. The third-order valence-corrected chi connectivity index (χ3v) is 4.23. The first-order chi connectivity index (χ1) is 11.8. The van der Waals surface area contributed by atoms with E-state index in [9.17, 15) is 28.0 Å². The van der Waals surface area contributed by atoms with Crippen molar-refractivity contribution in [1.82, 2.24) is 10.2 Å². The first-order valence-corrected chi connectivity index (χ1v) is 8.21. The molecule has 1 aromatic rings. The minimum Gasteiger partial charge on any atom is -0.452 e. The van der Waals surface area contributed by atoms with Gasteiger partial charge >= 0.3 is 5.97 Å². The Morgan fingerprint density at radius 1 is 1.28 bits per heavy atom. The zero-order chi connectivity index (χ0) is 18.6. The molecule has 0 spiro atoms. The standard InChI is InChI=1S/C14H11ClF2N2O5S/c15-8-4-10(17)9(16)3-7(8)13(22)24-5-11(20)18-1-2-19-12(21)6-25-14(19)23/h3-4H,1-2,5-6H2,(H,18,20). The Morgan fingerprint density at radius 3 is 2.60 bits per heavy atom. The van der Waals surface area contributed by atoms with Crippen LogP contribution in [0.4, 0.5) is 13.6 Å². The van der Waals surface area contributed by atoms with Crippen LogP contribution in [0.2, 0.25) is 5.02 Å². The number of thioether (sulfide) groups is 1. The van der Waals surface area contributed by atoms with Crippen molar-refractivity contribution >= 4 is 46.4 Å². The molecule has 25 heavy (non-hydrogen) atoms. The fraction of sp³-hybridized carbons (Fsp3) is 0.286. The number of rotatable bonds is 6. The van der Waals surface area contributed by atoms with Gasteiger partial charge in [-0.25, -0.2) is 13.6 Å². The van der Waals surface area contributed by atoms with E-state index in [1.54, 1.807) is 0 Å². The molecule has 0 radical (unpaired) electrons. The van der Waals surface area contributed by atoms with Crippen molar-refractivity contribution in [3.8, 4) is 0 Å². The van der Waals surface area contributed by atoms with E-state index in [-0.39, 0.29) is 29.8 Å². The molecule has 1 heterocycles. The zero-order valence-corrected chi connectivity index (χ0v) is 14.1. The van der Waals surface area contributed by atoms with Crippen LogP contribution in [-0.2, 0) is 14.3 Å². The molecule has 1 aliphatic heterocycles. The summed E-state index contributed by atoms with van der Waals surface area (Å²) in [5.74, 6) is -4.57. The molecule has 7 nitrogen and oxygen atoms in total. The maximum atomic E-state index is 13.1. The monoisotopic (exact) mass is 392 g/mol. The second-order valence-electron chi connectivity index (χ2n) is 4.77. The van der Waals surface area contributed by atoms with Gasteiger partial charge in [0, 0.05) is 13.1 Å². The van der Waals surface area contributed by atoms with E-state index in [4.69, 9.17) is 11.6 Å². The van der Waals surface area contributed by atoms with Gasteiger partial charge in [0.2, 0.25) is 5.91 Å². The van der Waals surface area contributed by atoms with Crippen LogP contribution < -0.4 is 5.32 Å². The predicted octanol–water partition coefficient (Wildman–Crippen LogP) is 1.59. The largest absolute Gasteiger partial charge is 0.452 e. The van der Waals surface area contributed by atoms with Gasteiger partial charge in [-0.05, 0) is 12.1 Å². The van der Waals surface area contributed by atoms with Crippen molar-refractivity contribution in [2.75, 3.05) is 25.4 Å². The molecule has 0 unspecified atom stereocenters. The van der Waals surface area contributed by atoms with E-state index >= 15 is 0 Å². The highest BCUT2D eigenvalue weighted by Gasteiger charge is 2.29. The van der Waals surface area contributed by atoms with E-state index in [0.717, 1.165) is 16.7 Å². The normalized spacial score (nSPS) is 14.0. The molecule has 0 atom stereocenters. The predicted molar refractivity (Wildman–Crippen MR) is 84.2 cm³/mol. The number of esters is 1. The molecule has 1 N–H and O–H groups in total. The zero-order valence-electron chi connectivity index (χ0n) is 12.5. The van der Waals surface area contributed by atoms with Crippen LogP contribution in [-0.4, -0.2) is 53.4 Å². The van der Waals surface area contributed by atoms with Crippen molar-refractivity contribution in [3.63, 3.8) is 0 Å². The second-order valence-corrected chi connectivity index (χ2v) is 6.11. The van der Waals surface area contributed by atoms with Gasteiger partial charge in [-0.3, -0.25) is 19.3 Å². The van der Waals surface area contributed by atoms with Crippen molar-refractivity contribution in [1.29, 1.82) is 0 Å². The van der Waals surface area contributed by atoms with Gasteiger partial charge < -0.3 is 10.1 Å². The number of carbonyl (C=O) groups excluding carboxylic acids is 4. The number of nitrogens with zero attached hydrogens (tertiary/aromatic N) is 1. The first kappa shape index (κ1) is 19.1.